The van der Waals surface area contributed by atoms with E-state index in [0.717, 1.165) is 36.5 Å². The lowest BCUT2D eigenvalue weighted by Gasteiger charge is -2.59. The van der Waals surface area contributed by atoms with E-state index in [4.69, 9.17) is 11.5 Å². The molecule has 0 radical (unpaired) electrons. The van der Waals surface area contributed by atoms with Crippen LogP contribution in [0.3, 0.4) is 0 Å². The molecular formula is C22H38Cl2N10O. The highest BCUT2D eigenvalue weighted by molar-refractivity contribution is 5.85. The number of nitrogens with two attached hydrogens (primary N) is 2. The maximum absolute atomic E-state index is 6.52. The minimum absolute atomic E-state index is 0. The van der Waals surface area contributed by atoms with E-state index in [-0.39, 0.29) is 52.4 Å². The van der Waals surface area contributed by atoms with E-state index < -0.39 is 0 Å². The summed E-state index contributed by atoms with van der Waals surface area (Å²) in [7, 11) is 0. The van der Waals surface area contributed by atoms with E-state index >= 15 is 0 Å². The van der Waals surface area contributed by atoms with E-state index in [1.807, 2.05) is 9.59 Å². The summed E-state index contributed by atoms with van der Waals surface area (Å²) in [6.45, 7) is 0. The van der Waals surface area contributed by atoms with Gasteiger partial charge in [-0.05, 0) is 111 Å². The van der Waals surface area contributed by atoms with E-state index in [1.54, 1.807) is 12.7 Å². The molecule has 0 saturated heterocycles. The molecule has 4 atom stereocenters. The zero-order valence-electron chi connectivity index (χ0n) is 20.0. The van der Waals surface area contributed by atoms with Gasteiger partial charge in [0.1, 0.15) is 0 Å². The highest BCUT2D eigenvalue weighted by atomic mass is 35.5. The van der Waals surface area contributed by atoms with Crippen molar-refractivity contribution in [1.29, 1.82) is 0 Å². The van der Waals surface area contributed by atoms with Crippen molar-refractivity contribution < 1.29 is 5.48 Å². The van der Waals surface area contributed by atoms with Gasteiger partial charge in [0.2, 0.25) is 0 Å². The number of tetrazole rings is 2. The van der Waals surface area contributed by atoms with Crippen molar-refractivity contribution in [3.63, 3.8) is 0 Å². The molecule has 2 heterocycles. The fourth-order valence-corrected chi connectivity index (χ4v) is 9.81. The molecule has 8 saturated carbocycles. The maximum atomic E-state index is 6.52. The molecule has 2 aromatic heterocycles. The third-order valence-electron chi connectivity index (χ3n) is 9.70. The minimum Gasteiger partial charge on any atom is -0.412 e. The van der Waals surface area contributed by atoms with Crippen LogP contribution in [-0.4, -0.2) is 57.0 Å². The average molecular weight is 530 g/mol. The quantitative estimate of drug-likeness (QED) is 0.587. The first-order chi connectivity index (χ1) is 15.4. The molecule has 0 spiro atoms. The molecule has 196 valence electrons. The van der Waals surface area contributed by atoms with Crippen LogP contribution in [0.4, 0.5) is 0 Å². The Kier molecular flexibility index (Phi) is 6.75. The van der Waals surface area contributed by atoms with Gasteiger partial charge in [-0.15, -0.1) is 45.2 Å². The number of halogens is 2. The predicted molar refractivity (Wildman–Crippen MR) is 133 cm³/mol. The van der Waals surface area contributed by atoms with Gasteiger partial charge in [-0.2, -0.15) is 9.59 Å². The van der Waals surface area contributed by atoms with Gasteiger partial charge in [-0.25, -0.2) is 0 Å². The number of aromatic nitrogens is 8. The Labute approximate surface area is 217 Å². The Balaban J connectivity index is 0.000000152. The SMILES string of the molecule is Cl.Cl.NC12CC3CC(C1)CC(n1ncnn1)(C3)C2.NC12CC3CC(C1)CC(n1ncnn1)(C3)C2.O. The highest BCUT2D eigenvalue weighted by Gasteiger charge is 2.59. The van der Waals surface area contributed by atoms with Crippen LogP contribution in [-0.2, 0) is 11.1 Å². The van der Waals surface area contributed by atoms with Crippen LogP contribution in [0.2, 0.25) is 0 Å². The topological polar surface area (TPSA) is 171 Å². The molecule has 10 rings (SSSR count). The smallest absolute Gasteiger partial charge is 0.162 e. The molecule has 35 heavy (non-hydrogen) atoms. The summed E-state index contributed by atoms with van der Waals surface area (Å²) in [6, 6.07) is 0. The first-order valence-corrected chi connectivity index (χ1v) is 12.4. The van der Waals surface area contributed by atoms with Crippen LogP contribution >= 0.6 is 24.8 Å². The van der Waals surface area contributed by atoms with E-state index in [2.05, 4.69) is 30.8 Å². The normalized spacial score (nSPS) is 45.5. The Morgan fingerprint density at radius 1 is 0.600 bits per heavy atom. The Bertz CT molecular complexity index is 894. The van der Waals surface area contributed by atoms with E-state index in [1.165, 1.54) is 64.2 Å². The summed E-state index contributed by atoms with van der Waals surface area (Å²) in [5, 5.41) is 24.6. The van der Waals surface area contributed by atoms with Gasteiger partial charge < -0.3 is 16.9 Å². The Morgan fingerprint density at radius 2 is 0.943 bits per heavy atom. The summed E-state index contributed by atoms with van der Waals surface area (Å²) in [4.78, 5) is 3.71. The largest absolute Gasteiger partial charge is 0.412 e. The van der Waals surface area contributed by atoms with Crippen LogP contribution in [0.15, 0.2) is 12.7 Å². The van der Waals surface area contributed by atoms with Crippen molar-refractivity contribution >= 4 is 24.8 Å². The fraction of sp³-hybridized carbons (Fsp3) is 0.909. The van der Waals surface area contributed by atoms with Gasteiger partial charge in [0, 0.05) is 11.1 Å². The van der Waals surface area contributed by atoms with E-state index in [9.17, 15) is 0 Å². The van der Waals surface area contributed by atoms with Gasteiger partial charge in [0.25, 0.3) is 0 Å². The van der Waals surface area contributed by atoms with Crippen molar-refractivity contribution in [1.82, 2.24) is 40.4 Å². The first kappa shape index (κ1) is 26.7. The zero-order valence-corrected chi connectivity index (χ0v) is 21.6. The molecule has 8 bridgehead atoms. The second-order valence-electron chi connectivity index (χ2n) is 12.5. The highest BCUT2D eigenvalue weighted by Crippen LogP contribution is 2.60. The average Bonchev–Trinajstić information content (AvgIpc) is 3.40. The third-order valence-corrected chi connectivity index (χ3v) is 9.70. The van der Waals surface area contributed by atoms with Crippen LogP contribution < -0.4 is 11.5 Å². The molecule has 13 heteroatoms. The molecule has 8 fully saturated rings. The van der Waals surface area contributed by atoms with Gasteiger partial charge in [0.15, 0.2) is 12.7 Å². The molecule has 4 unspecified atom stereocenters. The second kappa shape index (κ2) is 8.86. The standard InChI is InChI=1S/2C11H17N5.2ClH.H2O/c2*12-10-2-8-1-9(3-10)5-11(4-8,6-10)16-14-7-13-15-16;;;/h2*7-9H,1-6,12H2;2*1H;1H2. The first-order valence-electron chi connectivity index (χ1n) is 12.4. The molecule has 0 amide bonds. The number of hydrogen-bond acceptors (Lipinski definition) is 8. The molecule has 0 aliphatic heterocycles. The molecule has 2 aromatic rings. The van der Waals surface area contributed by atoms with Crippen LogP contribution in [0.5, 0.6) is 0 Å². The minimum atomic E-state index is 0. The number of hydrogen-bond donors (Lipinski definition) is 2. The molecule has 11 nitrogen and oxygen atoms in total. The molecule has 6 N–H and O–H groups in total. The van der Waals surface area contributed by atoms with E-state index in [0.29, 0.717) is 0 Å². The summed E-state index contributed by atoms with van der Waals surface area (Å²) >= 11 is 0. The van der Waals surface area contributed by atoms with Gasteiger partial charge in [0.05, 0.1) is 11.1 Å². The van der Waals surface area contributed by atoms with Crippen LogP contribution in [0, 0.1) is 23.7 Å². The summed E-state index contributed by atoms with van der Waals surface area (Å²) < 4.78 is 0. The summed E-state index contributed by atoms with van der Waals surface area (Å²) in [5.41, 5.74) is 13.3. The number of nitrogens with zero attached hydrogens (tertiary/aromatic N) is 8. The molecule has 8 aliphatic rings. The van der Waals surface area contributed by atoms with Crippen LogP contribution in [0.25, 0.3) is 0 Å². The maximum Gasteiger partial charge on any atom is 0.162 e. The second-order valence-corrected chi connectivity index (χ2v) is 12.5. The van der Waals surface area contributed by atoms with Gasteiger partial charge in [-0.3, -0.25) is 0 Å². The van der Waals surface area contributed by atoms with Crippen molar-refractivity contribution in [3.05, 3.63) is 12.7 Å². The Hall–Kier alpha value is -1.40. The van der Waals surface area contributed by atoms with Crippen molar-refractivity contribution in [2.24, 2.45) is 35.1 Å². The third kappa shape index (κ3) is 4.27. The van der Waals surface area contributed by atoms with Crippen molar-refractivity contribution in [2.45, 2.75) is 99.2 Å². The lowest BCUT2D eigenvalue weighted by molar-refractivity contribution is -0.0710. The summed E-state index contributed by atoms with van der Waals surface area (Å²) in [5.74, 6) is 3.16. The molecular weight excluding hydrogens is 491 g/mol. The van der Waals surface area contributed by atoms with Gasteiger partial charge >= 0.3 is 0 Å². The van der Waals surface area contributed by atoms with Gasteiger partial charge in [-0.1, -0.05) is 0 Å². The lowest BCUT2D eigenvalue weighted by Crippen LogP contribution is -2.63. The molecule has 8 aliphatic carbocycles. The summed E-state index contributed by atoms with van der Waals surface area (Å²) in [6.07, 6.45) is 17.6. The van der Waals surface area contributed by atoms with Crippen LogP contribution in [0.1, 0.15) is 77.0 Å². The zero-order chi connectivity index (χ0) is 21.6. The van der Waals surface area contributed by atoms with Crippen molar-refractivity contribution in [2.75, 3.05) is 0 Å². The molecule has 0 aromatic carbocycles. The monoisotopic (exact) mass is 528 g/mol. The van der Waals surface area contributed by atoms with Crippen molar-refractivity contribution in [3.8, 4) is 0 Å². The number of rotatable bonds is 2. The fourth-order valence-electron chi connectivity index (χ4n) is 9.81. The predicted octanol–water partition coefficient (Wildman–Crippen LogP) is 1.38. The lowest BCUT2D eigenvalue weighted by atomic mass is 9.50. The Morgan fingerprint density at radius 3 is 1.20 bits per heavy atom.